The van der Waals surface area contributed by atoms with E-state index in [0.29, 0.717) is 11.3 Å². The number of alkyl halides is 3. The predicted octanol–water partition coefficient (Wildman–Crippen LogP) is 4.43. The summed E-state index contributed by atoms with van der Waals surface area (Å²) in [6.45, 7) is 1.76. The van der Waals surface area contributed by atoms with Gasteiger partial charge in [0.05, 0.1) is 11.3 Å². The highest BCUT2D eigenvalue weighted by Crippen LogP contribution is 2.36. The number of nitrogens with one attached hydrogen (secondary N) is 1. The summed E-state index contributed by atoms with van der Waals surface area (Å²) in [5, 5.41) is 6.79. The SMILES string of the molecule is Cc1cc(-c2cc(S(=O)[O-])ccc2Oc2cccc(C(F)(F)F)c2)n[nH]1. The largest absolute Gasteiger partial charge is 0.768 e. The van der Waals surface area contributed by atoms with E-state index in [1.165, 1.54) is 30.3 Å². The van der Waals surface area contributed by atoms with Crippen LogP contribution in [0.2, 0.25) is 0 Å². The Morgan fingerprint density at radius 2 is 1.92 bits per heavy atom. The van der Waals surface area contributed by atoms with Crippen molar-refractivity contribution in [1.82, 2.24) is 10.2 Å². The average molecular weight is 381 g/mol. The van der Waals surface area contributed by atoms with Gasteiger partial charge in [0, 0.05) is 16.2 Å². The molecule has 3 aromatic rings. The number of H-pyrrole nitrogens is 1. The third-order valence-electron chi connectivity index (χ3n) is 3.51. The minimum Gasteiger partial charge on any atom is -0.768 e. The molecular weight excluding hydrogens is 369 g/mol. The molecule has 1 unspecified atom stereocenters. The Hall–Kier alpha value is -2.65. The van der Waals surface area contributed by atoms with Crippen LogP contribution >= 0.6 is 0 Å². The van der Waals surface area contributed by atoms with Crippen molar-refractivity contribution in [3.63, 3.8) is 0 Å². The fourth-order valence-corrected chi connectivity index (χ4v) is 2.71. The highest BCUT2D eigenvalue weighted by atomic mass is 32.2. The molecule has 2 aromatic carbocycles. The zero-order chi connectivity index (χ0) is 18.9. The van der Waals surface area contributed by atoms with E-state index in [9.17, 15) is 21.9 Å². The lowest BCUT2D eigenvalue weighted by Crippen LogP contribution is -2.04. The van der Waals surface area contributed by atoms with Crippen LogP contribution in [0.25, 0.3) is 11.3 Å². The molecule has 0 spiro atoms. The summed E-state index contributed by atoms with van der Waals surface area (Å²) in [6, 6.07) is 10.1. The Labute approximate surface area is 149 Å². The van der Waals surface area contributed by atoms with Crippen LogP contribution in [0.4, 0.5) is 13.2 Å². The van der Waals surface area contributed by atoms with Crippen molar-refractivity contribution in [3.05, 3.63) is 59.8 Å². The monoisotopic (exact) mass is 381 g/mol. The summed E-state index contributed by atoms with van der Waals surface area (Å²) in [5.41, 5.74) is 0.647. The lowest BCUT2D eigenvalue weighted by atomic mass is 10.1. The molecule has 0 saturated heterocycles. The summed E-state index contributed by atoms with van der Waals surface area (Å²) in [6.07, 6.45) is -4.50. The number of aryl methyl sites for hydroxylation is 1. The maximum atomic E-state index is 12.9. The lowest BCUT2D eigenvalue weighted by molar-refractivity contribution is -0.137. The first-order chi connectivity index (χ1) is 12.2. The Balaban J connectivity index is 2.04. The van der Waals surface area contributed by atoms with E-state index < -0.39 is 22.8 Å². The Bertz CT molecular complexity index is 970. The van der Waals surface area contributed by atoms with Gasteiger partial charge < -0.3 is 9.29 Å². The summed E-state index contributed by atoms with van der Waals surface area (Å²) < 4.78 is 66.6. The number of ether oxygens (including phenoxy) is 1. The highest BCUT2D eigenvalue weighted by Gasteiger charge is 2.30. The molecule has 0 aliphatic carbocycles. The van der Waals surface area contributed by atoms with E-state index in [1.54, 1.807) is 13.0 Å². The van der Waals surface area contributed by atoms with E-state index in [-0.39, 0.29) is 16.4 Å². The number of hydrogen-bond donors (Lipinski definition) is 1. The van der Waals surface area contributed by atoms with Crippen LogP contribution in [-0.2, 0) is 17.3 Å². The van der Waals surface area contributed by atoms with Gasteiger partial charge in [-0.25, -0.2) is 0 Å². The first-order valence-electron chi connectivity index (χ1n) is 7.35. The van der Waals surface area contributed by atoms with Crippen molar-refractivity contribution >= 4 is 11.1 Å². The molecule has 0 aliphatic heterocycles. The molecular formula is C17H12F3N2O3S-. The van der Waals surface area contributed by atoms with Gasteiger partial charge in [0.25, 0.3) is 0 Å². The zero-order valence-corrected chi connectivity index (χ0v) is 14.1. The zero-order valence-electron chi connectivity index (χ0n) is 13.3. The van der Waals surface area contributed by atoms with Crippen molar-refractivity contribution in [1.29, 1.82) is 0 Å². The molecule has 0 radical (unpaired) electrons. The van der Waals surface area contributed by atoms with Gasteiger partial charge in [-0.3, -0.25) is 9.31 Å². The molecule has 9 heteroatoms. The Kier molecular flexibility index (Phi) is 4.84. The minimum absolute atomic E-state index is 0.0112. The second kappa shape index (κ2) is 6.93. The van der Waals surface area contributed by atoms with Gasteiger partial charge in [-0.2, -0.15) is 18.3 Å². The number of aromatic amines is 1. The molecule has 1 N–H and O–H groups in total. The van der Waals surface area contributed by atoms with Gasteiger partial charge in [-0.05, 0) is 60.5 Å². The fraction of sp³-hybridized carbons (Fsp3) is 0.118. The summed E-state index contributed by atoms with van der Waals surface area (Å²) >= 11 is -2.47. The smallest absolute Gasteiger partial charge is 0.416 e. The highest BCUT2D eigenvalue weighted by molar-refractivity contribution is 7.79. The van der Waals surface area contributed by atoms with E-state index in [1.807, 2.05) is 0 Å². The standard InChI is InChI=1S/C17H13F3N2O3S/c1-10-7-15(22-21-10)14-9-13(26(23)24)5-6-16(14)25-12-4-2-3-11(8-12)17(18,19)20/h2-9H,1H3,(H,21,22)(H,23,24)/p-1. The number of hydrogen-bond acceptors (Lipinski definition) is 4. The minimum atomic E-state index is -4.50. The second-order valence-electron chi connectivity index (χ2n) is 5.46. The Morgan fingerprint density at radius 3 is 2.54 bits per heavy atom. The topological polar surface area (TPSA) is 78.0 Å². The van der Waals surface area contributed by atoms with Crippen LogP contribution in [-0.4, -0.2) is 19.0 Å². The molecule has 0 aliphatic rings. The van der Waals surface area contributed by atoms with E-state index in [0.717, 1.165) is 17.8 Å². The molecule has 1 aromatic heterocycles. The number of rotatable bonds is 4. The van der Waals surface area contributed by atoms with Crippen molar-refractivity contribution < 1.29 is 26.7 Å². The third kappa shape index (κ3) is 3.94. The van der Waals surface area contributed by atoms with Crippen LogP contribution in [0.3, 0.4) is 0 Å². The molecule has 5 nitrogen and oxygen atoms in total. The van der Waals surface area contributed by atoms with Gasteiger partial charge in [-0.15, -0.1) is 0 Å². The maximum Gasteiger partial charge on any atom is 0.416 e. The normalized spacial score (nSPS) is 12.8. The summed E-state index contributed by atoms with van der Waals surface area (Å²) in [5.74, 6) is 0.161. The predicted molar refractivity (Wildman–Crippen MR) is 87.5 cm³/mol. The quantitative estimate of drug-likeness (QED) is 0.678. The van der Waals surface area contributed by atoms with Gasteiger partial charge in [0.1, 0.15) is 11.5 Å². The number of nitrogens with zero attached hydrogens (tertiary/aromatic N) is 1. The van der Waals surface area contributed by atoms with Crippen molar-refractivity contribution in [2.75, 3.05) is 0 Å². The molecule has 0 bridgehead atoms. The molecule has 0 saturated carbocycles. The van der Waals surface area contributed by atoms with E-state index in [2.05, 4.69) is 10.2 Å². The first-order valence-corrected chi connectivity index (χ1v) is 8.42. The maximum absolute atomic E-state index is 12.9. The fourth-order valence-electron chi connectivity index (χ4n) is 2.32. The van der Waals surface area contributed by atoms with E-state index in [4.69, 9.17) is 4.74 Å². The van der Waals surface area contributed by atoms with Crippen molar-refractivity contribution in [2.45, 2.75) is 18.0 Å². The molecule has 136 valence electrons. The van der Waals surface area contributed by atoms with Gasteiger partial charge in [0.15, 0.2) is 0 Å². The summed E-state index contributed by atoms with van der Waals surface area (Å²) in [4.78, 5) is 0.0112. The van der Waals surface area contributed by atoms with Crippen molar-refractivity contribution in [3.8, 4) is 22.8 Å². The van der Waals surface area contributed by atoms with Crippen LogP contribution in [0, 0.1) is 6.92 Å². The van der Waals surface area contributed by atoms with Crippen molar-refractivity contribution in [2.24, 2.45) is 0 Å². The number of halogens is 3. The van der Waals surface area contributed by atoms with Gasteiger partial charge in [0.2, 0.25) is 0 Å². The van der Waals surface area contributed by atoms with Crippen LogP contribution in [0.5, 0.6) is 11.5 Å². The lowest BCUT2D eigenvalue weighted by Gasteiger charge is -2.14. The second-order valence-corrected chi connectivity index (χ2v) is 6.40. The summed E-state index contributed by atoms with van der Waals surface area (Å²) in [7, 11) is 0. The molecule has 26 heavy (non-hydrogen) atoms. The molecule has 1 atom stereocenters. The van der Waals surface area contributed by atoms with Crippen LogP contribution in [0.1, 0.15) is 11.3 Å². The Morgan fingerprint density at radius 1 is 1.15 bits per heavy atom. The molecule has 3 rings (SSSR count). The number of benzene rings is 2. The first kappa shape index (κ1) is 18.2. The van der Waals surface area contributed by atoms with Crippen LogP contribution < -0.4 is 4.74 Å². The van der Waals surface area contributed by atoms with Crippen LogP contribution in [0.15, 0.2) is 53.4 Å². The van der Waals surface area contributed by atoms with Gasteiger partial charge in [-0.1, -0.05) is 6.07 Å². The van der Waals surface area contributed by atoms with E-state index >= 15 is 0 Å². The molecule has 0 amide bonds. The number of aromatic nitrogens is 2. The molecule has 0 fully saturated rings. The molecule has 1 heterocycles. The average Bonchev–Trinajstić information content (AvgIpc) is 3.01. The third-order valence-corrected chi connectivity index (χ3v) is 4.15. The van der Waals surface area contributed by atoms with Gasteiger partial charge >= 0.3 is 6.18 Å².